The molecular formula is C7H9ClO2. The molecule has 1 rings (SSSR count). The van der Waals surface area contributed by atoms with E-state index in [1.807, 2.05) is 12.1 Å². The molecular weight excluding hydrogens is 152 g/mol. The van der Waals surface area contributed by atoms with Crippen molar-refractivity contribution in [2.45, 2.75) is 12.8 Å². The lowest BCUT2D eigenvalue weighted by Crippen LogP contribution is -1.62. The van der Waals surface area contributed by atoms with Crippen LogP contribution in [-0.2, 0) is 10.7 Å². The minimum atomic E-state index is 0.465. The molecule has 0 aliphatic carbocycles. The third kappa shape index (κ3) is 4.15. The Labute approximate surface area is 64.8 Å². The summed E-state index contributed by atoms with van der Waals surface area (Å²) in [6.07, 6.45) is 2.36. The third-order valence-electron chi connectivity index (χ3n) is 0.712. The summed E-state index contributed by atoms with van der Waals surface area (Å²) in [6.45, 7) is 1.44. The number of carbonyl (C=O) groups excluding carboxylic acids is 1. The normalized spacial score (nSPS) is 7.80. The van der Waals surface area contributed by atoms with Gasteiger partial charge in [-0.15, -0.1) is 11.6 Å². The van der Waals surface area contributed by atoms with Gasteiger partial charge in [-0.2, -0.15) is 0 Å². The summed E-state index contributed by atoms with van der Waals surface area (Å²) < 4.78 is 4.85. The van der Waals surface area contributed by atoms with Crippen LogP contribution in [0.3, 0.4) is 0 Å². The van der Waals surface area contributed by atoms with Crippen molar-refractivity contribution in [3.05, 3.63) is 24.2 Å². The predicted octanol–water partition coefficient (Wildman–Crippen LogP) is 2.22. The molecule has 2 nitrogen and oxygen atoms in total. The molecule has 0 radical (unpaired) electrons. The average molecular weight is 161 g/mol. The summed E-state index contributed by atoms with van der Waals surface area (Å²) >= 11 is 5.37. The fourth-order valence-corrected chi connectivity index (χ4v) is 0.541. The summed E-state index contributed by atoms with van der Waals surface area (Å²) in [5.74, 6) is 1.29. The van der Waals surface area contributed by atoms with Crippen molar-refractivity contribution in [3.63, 3.8) is 0 Å². The second kappa shape index (κ2) is 6.36. The fraction of sp³-hybridized carbons (Fsp3) is 0.286. The second-order valence-corrected chi connectivity index (χ2v) is 1.72. The van der Waals surface area contributed by atoms with Gasteiger partial charge < -0.3 is 9.21 Å². The summed E-state index contributed by atoms with van der Waals surface area (Å²) in [7, 11) is 0. The summed E-state index contributed by atoms with van der Waals surface area (Å²) in [4.78, 5) is 8.81. The molecule has 0 spiro atoms. The first-order chi connectivity index (χ1) is 4.85. The Morgan fingerprint density at radius 3 is 2.60 bits per heavy atom. The molecule has 10 heavy (non-hydrogen) atoms. The maximum Gasteiger partial charge on any atom is 0.118 e. The van der Waals surface area contributed by atoms with E-state index in [9.17, 15) is 0 Å². The van der Waals surface area contributed by atoms with Crippen LogP contribution in [0.4, 0.5) is 0 Å². The quantitative estimate of drug-likeness (QED) is 0.466. The molecule has 0 fully saturated rings. The van der Waals surface area contributed by atoms with E-state index in [2.05, 4.69) is 0 Å². The Balaban J connectivity index is 0.000000236. The van der Waals surface area contributed by atoms with Crippen molar-refractivity contribution in [1.82, 2.24) is 0 Å². The van der Waals surface area contributed by atoms with Crippen molar-refractivity contribution in [1.29, 1.82) is 0 Å². The zero-order chi connectivity index (χ0) is 7.82. The smallest absolute Gasteiger partial charge is 0.118 e. The van der Waals surface area contributed by atoms with E-state index < -0.39 is 0 Å². The molecule has 1 heterocycles. The molecule has 1 aromatic rings. The number of hydrogen-bond acceptors (Lipinski definition) is 2. The lowest BCUT2D eigenvalue weighted by molar-refractivity contribution is -0.106. The molecule has 3 heteroatoms. The van der Waals surface area contributed by atoms with Crippen LogP contribution in [0.15, 0.2) is 22.8 Å². The molecule has 0 saturated carbocycles. The lowest BCUT2D eigenvalue weighted by atomic mass is 10.5. The maximum atomic E-state index is 8.81. The third-order valence-corrected chi connectivity index (χ3v) is 0.975. The first-order valence-corrected chi connectivity index (χ1v) is 3.36. The van der Waals surface area contributed by atoms with E-state index in [0.29, 0.717) is 5.88 Å². The average Bonchev–Trinajstić information content (AvgIpc) is 2.39. The Bertz CT molecular complexity index is 158. The topological polar surface area (TPSA) is 30.2 Å². The Morgan fingerprint density at radius 1 is 1.80 bits per heavy atom. The minimum Gasteiger partial charge on any atom is -0.468 e. The summed E-state index contributed by atoms with van der Waals surface area (Å²) in [5.41, 5.74) is 0. The SMILES string of the molecule is CC=O.ClCc1ccco1. The second-order valence-electron chi connectivity index (χ2n) is 1.45. The summed E-state index contributed by atoms with van der Waals surface area (Å²) in [5, 5.41) is 0. The van der Waals surface area contributed by atoms with Gasteiger partial charge in [-0.1, -0.05) is 0 Å². The number of aldehydes is 1. The van der Waals surface area contributed by atoms with E-state index in [4.69, 9.17) is 20.8 Å². The molecule has 0 unspecified atom stereocenters. The highest BCUT2D eigenvalue weighted by Gasteiger charge is 1.86. The zero-order valence-electron chi connectivity index (χ0n) is 5.71. The van der Waals surface area contributed by atoms with E-state index in [0.717, 1.165) is 12.0 Å². The number of alkyl halides is 1. The number of rotatable bonds is 1. The molecule has 0 atom stereocenters. The molecule has 0 amide bonds. The van der Waals surface area contributed by atoms with Crippen molar-refractivity contribution >= 4 is 17.9 Å². The largest absolute Gasteiger partial charge is 0.468 e. The first-order valence-electron chi connectivity index (χ1n) is 2.83. The van der Waals surface area contributed by atoms with Gasteiger partial charge in [0, 0.05) is 0 Å². The van der Waals surface area contributed by atoms with Crippen molar-refractivity contribution in [3.8, 4) is 0 Å². The van der Waals surface area contributed by atoms with Gasteiger partial charge in [-0.3, -0.25) is 0 Å². The van der Waals surface area contributed by atoms with Crippen LogP contribution in [0.5, 0.6) is 0 Å². The molecule has 0 N–H and O–H groups in total. The highest BCUT2D eigenvalue weighted by molar-refractivity contribution is 6.16. The van der Waals surface area contributed by atoms with Gasteiger partial charge in [0.1, 0.15) is 12.0 Å². The predicted molar refractivity (Wildman–Crippen MR) is 40.0 cm³/mol. The first kappa shape index (κ1) is 9.24. The minimum absolute atomic E-state index is 0.465. The van der Waals surface area contributed by atoms with Crippen molar-refractivity contribution in [2.75, 3.05) is 0 Å². The molecule has 0 saturated heterocycles. The molecule has 0 aliphatic rings. The zero-order valence-corrected chi connectivity index (χ0v) is 6.47. The van der Waals surface area contributed by atoms with Gasteiger partial charge in [0.05, 0.1) is 12.1 Å². The molecule has 1 aromatic heterocycles. The molecule has 56 valence electrons. The monoisotopic (exact) mass is 160 g/mol. The Hall–Kier alpha value is -0.760. The van der Waals surface area contributed by atoms with Crippen LogP contribution in [0.2, 0.25) is 0 Å². The van der Waals surface area contributed by atoms with Crippen LogP contribution < -0.4 is 0 Å². The van der Waals surface area contributed by atoms with Crippen LogP contribution in [-0.4, -0.2) is 6.29 Å². The number of halogens is 1. The van der Waals surface area contributed by atoms with Gasteiger partial charge in [-0.25, -0.2) is 0 Å². The van der Waals surface area contributed by atoms with E-state index >= 15 is 0 Å². The van der Waals surface area contributed by atoms with E-state index in [1.54, 1.807) is 6.26 Å². The van der Waals surface area contributed by atoms with Crippen molar-refractivity contribution < 1.29 is 9.21 Å². The number of carbonyl (C=O) groups is 1. The number of hydrogen-bond donors (Lipinski definition) is 0. The van der Waals surface area contributed by atoms with Gasteiger partial charge in [0.15, 0.2) is 0 Å². The van der Waals surface area contributed by atoms with Gasteiger partial charge in [0.25, 0.3) is 0 Å². The number of furan rings is 1. The molecule has 0 aromatic carbocycles. The van der Waals surface area contributed by atoms with Crippen LogP contribution in [0.25, 0.3) is 0 Å². The van der Waals surface area contributed by atoms with Gasteiger partial charge in [0.2, 0.25) is 0 Å². The van der Waals surface area contributed by atoms with Crippen LogP contribution in [0, 0.1) is 0 Å². The van der Waals surface area contributed by atoms with Gasteiger partial charge >= 0.3 is 0 Å². The van der Waals surface area contributed by atoms with E-state index in [1.165, 1.54) is 6.92 Å². The van der Waals surface area contributed by atoms with Crippen molar-refractivity contribution in [2.24, 2.45) is 0 Å². The highest BCUT2D eigenvalue weighted by Crippen LogP contribution is 2.01. The Kier molecular flexibility index (Phi) is 5.88. The molecule has 0 aliphatic heterocycles. The standard InChI is InChI=1S/C5H5ClO.C2H4O/c6-4-5-2-1-3-7-5;1-2-3/h1-3H,4H2;2H,1H3. The van der Waals surface area contributed by atoms with Crippen LogP contribution in [0.1, 0.15) is 12.7 Å². The van der Waals surface area contributed by atoms with Gasteiger partial charge in [-0.05, 0) is 19.1 Å². The highest BCUT2D eigenvalue weighted by atomic mass is 35.5. The van der Waals surface area contributed by atoms with E-state index in [-0.39, 0.29) is 0 Å². The van der Waals surface area contributed by atoms with Crippen LogP contribution >= 0.6 is 11.6 Å². The molecule has 0 bridgehead atoms. The maximum absolute atomic E-state index is 8.81. The Morgan fingerprint density at radius 2 is 2.40 bits per heavy atom. The fourth-order valence-electron chi connectivity index (χ4n) is 0.389. The summed E-state index contributed by atoms with van der Waals surface area (Å²) in [6, 6.07) is 3.66. The lowest BCUT2D eigenvalue weighted by Gasteiger charge is -1.77.